The Labute approximate surface area is 164 Å². The predicted molar refractivity (Wildman–Crippen MR) is 106 cm³/mol. The maximum atomic E-state index is 13.7. The van der Waals surface area contributed by atoms with Crippen molar-refractivity contribution in [1.82, 2.24) is 19.7 Å². The van der Waals surface area contributed by atoms with Crippen molar-refractivity contribution in [1.29, 1.82) is 0 Å². The molecule has 8 nitrogen and oxygen atoms in total. The molecule has 2 aliphatic rings. The van der Waals surface area contributed by atoms with E-state index < -0.39 is 6.04 Å². The minimum Gasteiger partial charge on any atom is -0.324 e. The van der Waals surface area contributed by atoms with E-state index in [1.807, 2.05) is 49.6 Å². The molecule has 8 heteroatoms. The summed E-state index contributed by atoms with van der Waals surface area (Å²) in [7, 11) is 0. The number of urea groups is 1. The Hall–Kier alpha value is -2.90. The topological polar surface area (TPSA) is 83.4 Å². The molecule has 1 N–H and O–H groups in total. The van der Waals surface area contributed by atoms with Crippen molar-refractivity contribution < 1.29 is 9.59 Å². The van der Waals surface area contributed by atoms with Crippen LogP contribution in [-0.4, -0.2) is 44.2 Å². The minimum absolute atomic E-state index is 0.0302. The number of anilines is 2. The highest BCUT2D eigenvalue weighted by Crippen LogP contribution is 2.30. The molecular formula is C20H26N6O2. The second kappa shape index (κ2) is 7.26. The third-order valence-corrected chi connectivity index (χ3v) is 5.80. The summed E-state index contributed by atoms with van der Waals surface area (Å²) in [4.78, 5) is 30.1. The lowest BCUT2D eigenvalue weighted by atomic mass is 9.97. The van der Waals surface area contributed by atoms with Crippen molar-refractivity contribution in [3.8, 4) is 0 Å². The third-order valence-electron chi connectivity index (χ3n) is 5.80. The molecule has 28 heavy (non-hydrogen) atoms. The van der Waals surface area contributed by atoms with Crippen molar-refractivity contribution in [2.45, 2.75) is 52.7 Å². The Morgan fingerprint density at radius 2 is 2.07 bits per heavy atom. The Bertz CT molecular complexity index is 908. The second-order valence-electron chi connectivity index (χ2n) is 7.59. The van der Waals surface area contributed by atoms with Crippen LogP contribution in [0.15, 0.2) is 24.3 Å². The van der Waals surface area contributed by atoms with Gasteiger partial charge in [-0.1, -0.05) is 38.5 Å². The summed E-state index contributed by atoms with van der Waals surface area (Å²) in [5.41, 5.74) is 1.71. The molecule has 1 aromatic carbocycles. The molecule has 0 spiro atoms. The van der Waals surface area contributed by atoms with Crippen LogP contribution < -0.4 is 10.2 Å². The van der Waals surface area contributed by atoms with E-state index in [1.54, 1.807) is 9.80 Å². The summed E-state index contributed by atoms with van der Waals surface area (Å²) >= 11 is 0. The summed E-state index contributed by atoms with van der Waals surface area (Å²) in [5.74, 6) is 1.25. The van der Waals surface area contributed by atoms with Gasteiger partial charge in [0, 0.05) is 18.8 Å². The van der Waals surface area contributed by atoms with Gasteiger partial charge in [0.15, 0.2) is 0 Å². The number of amides is 3. The number of fused-ring (bicyclic) bond motifs is 2. The lowest BCUT2D eigenvalue weighted by molar-refractivity contribution is -0.121. The molecule has 1 aromatic heterocycles. The number of aromatic nitrogens is 3. The van der Waals surface area contributed by atoms with E-state index >= 15 is 0 Å². The highest BCUT2D eigenvalue weighted by Gasteiger charge is 2.40. The number of benzene rings is 1. The van der Waals surface area contributed by atoms with Gasteiger partial charge in [-0.05, 0) is 30.9 Å². The van der Waals surface area contributed by atoms with Gasteiger partial charge in [-0.3, -0.25) is 14.3 Å². The van der Waals surface area contributed by atoms with Crippen LogP contribution in [0.4, 0.5) is 16.4 Å². The van der Waals surface area contributed by atoms with Crippen molar-refractivity contribution in [3.63, 3.8) is 0 Å². The average molecular weight is 382 g/mol. The van der Waals surface area contributed by atoms with E-state index in [0.29, 0.717) is 19.0 Å². The molecule has 2 aromatic rings. The number of rotatable bonds is 2. The Morgan fingerprint density at radius 3 is 2.86 bits per heavy atom. The van der Waals surface area contributed by atoms with Crippen LogP contribution in [0.25, 0.3) is 0 Å². The molecule has 148 valence electrons. The van der Waals surface area contributed by atoms with Crippen molar-refractivity contribution in [2.75, 3.05) is 16.8 Å². The first-order chi connectivity index (χ1) is 13.5. The minimum atomic E-state index is -0.538. The third kappa shape index (κ3) is 3.02. The standard InChI is InChI=1S/C20H26N6O2/c1-4-13(2)17-18(27)21-16-9-6-5-8-15(16)12-26(17)20(28)25-11-7-10-24-14(3)22-23-19(24)25/h5-6,8-9,13,17H,4,7,10-12H2,1-3H3,(H,21,27)/t13-,17-/m0/s1. The molecule has 0 fully saturated rings. The predicted octanol–water partition coefficient (Wildman–Crippen LogP) is 2.79. The molecular weight excluding hydrogens is 356 g/mol. The van der Waals surface area contributed by atoms with Crippen LogP contribution in [-0.2, 0) is 17.9 Å². The van der Waals surface area contributed by atoms with Gasteiger partial charge in [0.2, 0.25) is 11.9 Å². The van der Waals surface area contributed by atoms with E-state index in [4.69, 9.17) is 0 Å². The van der Waals surface area contributed by atoms with Gasteiger partial charge in [0.1, 0.15) is 11.9 Å². The molecule has 0 saturated carbocycles. The Morgan fingerprint density at radius 1 is 1.29 bits per heavy atom. The summed E-state index contributed by atoms with van der Waals surface area (Å²) < 4.78 is 1.96. The molecule has 2 aliphatic heterocycles. The molecule has 0 bridgehead atoms. The van der Waals surface area contributed by atoms with Crippen LogP contribution >= 0.6 is 0 Å². The van der Waals surface area contributed by atoms with Crippen LogP contribution in [0.1, 0.15) is 38.1 Å². The van der Waals surface area contributed by atoms with E-state index in [9.17, 15) is 9.59 Å². The number of aryl methyl sites for hydroxylation is 1. The fourth-order valence-electron chi connectivity index (χ4n) is 4.04. The van der Waals surface area contributed by atoms with Crippen molar-refractivity contribution in [2.24, 2.45) is 5.92 Å². The van der Waals surface area contributed by atoms with E-state index in [0.717, 1.165) is 36.5 Å². The maximum Gasteiger partial charge on any atom is 0.327 e. The molecule has 4 rings (SSSR count). The molecule has 0 unspecified atom stereocenters. The van der Waals surface area contributed by atoms with Gasteiger partial charge in [0.05, 0.1) is 6.54 Å². The first-order valence-electron chi connectivity index (χ1n) is 9.88. The quantitative estimate of drug-likeness (QED) is 0.866. The lowest BCUT2D eigenvalue weighted by Crippen LogP contribution is -2.54. The molecule has 3 amide bonds. The number of hydrogen-bond acceptors (Lipinski definition) is 4. The summed E-state index contributed by atoms with van der Waals surface area (Å²) in [5, 5.41) is 11.4. The normalized spacial score (nSPS) is 20.1. The van der Waals surface area contributed by atoms with E-state index in [2.05, 4.69) is 15.5 Å². The van der Waals surface area contributed by atoms with Gasteiger partial charge in [-0.2, -0.15) is 0 Å². The van der Waals surface area contributed by atoms with Crippen LogP contribution in [0, 0.1) is 12.8 Å². The highest BCUT2D eigenvalue weighted by atomic mass is 16.2. The highest BCUT2D eigenvalue weighted by molar-refractivity contribution is 6.01. The van der Waals surface area contributed by atoms with Gasteiger partial charge in [0.25, 0.3) is 0 Å². The van der Waals surface area contributed by atoms with Gasteiger partial charge in [-0.15, -0.1) is 10.2 Å². The zero-order chi connectivity index (χ0) is 19.8. The van der Waals surface area contributed by atoms with Gasteiger partial charge in [-0.25, -0.2) is 4.79 Å². The van der Waals surface area contributed by atoms with Crippen LogP contribution in [0.3, 0.4) is 0 Å². The molecule has 0 radical (unpaired) electrons. The molecule has 0 aliphatic carbocycles. The molecule has 0 saturated heterocycles. The number of carbonyl (C=O) groups excluding carboxylic acids is 2. The average Bonchev–Trinajstić information content (AvgIpc) is 3.01. The maximum absolute atomic E-state index is 13.7. The smallest absolute Gasteiger partial charge is 0.324 e. The first-order valence-corrected chi connectivity index (χ1v) is 9.88. The second-order valence-corrected chi connectivity index (χ2v) is 7.59. The Kier molecular flexibility index (Phi) is 4.78. The number of hydrogen-bond donors (Lipinski definition) is 1. The SMILES string of the molecule is CC[C@H](C)[C@H]1C(=O)Nc2ccccc2CN1C(=O)N1CCCn2c(C)nnc21. The lowest BCUT2D eigenvalue weighted by Gasteiger charge is -2.37. The fraction of sp³-hybridized carbons (Fsp3) is 0.500. The van der Waals surface area contributed by atoms with Crippen molar-refractivity contribution >= 4 is 23.6 Å². The molecule has 3 heterocycles. The fourth-order valence-corrected chi connectivity index (χ4v) is 4.04. The van der Waals surface area contributed by atoms with E-state index in [1.165, 1.54) is 0 Å². The monoisotopic (exact) mass is 382 g/mol. The largest absolute Gasteiger partial charge is 0.327 e. The Balaban J connectivity index is 1.74. The van der Waals surface area contributed by atoms with Crippen LogP contribution in [0.2, 0.25) is 0 Å². The summed E-state index contributed by atoms with van der Waals surface area (Å²) in [6.07, 6.45) is 1.63. The van der Waals surface area contributed by atoms with E-state index in [-0.39, 0.29) is 17.9 Å². The zero-order valence-electron chi connectivity index (χ0n) is 16.6. The molecule has 2 atom stereocenters. The van der Waals surface area contributed by atoms with Gasteiger partial charge >= 0.3 is 6.03 Å². The number of nitrogens with one attached hydrogen (secondary N) is 1. The van der Waals surface area contributed by atoms with Crippen LogP contribution in [0.5, 0.6) is 0 Å². The first kappa shape index (κ1) is 18.5. The van der Waals surface area contributed by atoms with Crippen molar-refractivity contribution in [3.05, 3.63) is 35.7 Å². The summed E-state index contributed by atoms with van der Waals surface area (Å²) in [6, 6.07) is 6.94. The number of nitrogens with zero attached hydrogens (tertiary/aromatic N) is 5. The summed E-state index contributed by atoms with van der Waals surface area (Å²) in [6.45, 7) is 7.71. The van der Waals surface area contributed by atoms with Gasteiger partial charge < -0.3 is 10.2 Å². The number of carbonyl (C=O) groups is 2. The zero-order valence-corrected chi connectivity index (χ0v) is 16.6. The number of para-hydroxylation sites is 1.